The molecule has 116 valence electrons. The standard InChI is InChI=1S/C17H20N2O3/c1-11-3-6-15-18-14(8-16(20)19(15)9-11)10-22-17(21)7-12(2)13-4-5-13/h3,6,8-9,12-13H,4-5,7,10H2,1-2H3. The summed E-state index contributed by atoms with van der Waals surface area (Å²) < 4.78 is 6.75. The molecule has 0 radical (unpaired) electrons. The summed E-state index contributed by atoms with van der Waals surface area (Å²) in [6, 6.07) is 5.11. The number of pyridine rings is 1. The van der Waals surface area contributed by atoms with Gasteiger partial charge >= 0.3 is 5.97 Å². The van der Waals surface area contributed by atoms with E-state index in [1.807, 2.05) is 13.0 Å². The molecule has 0 saturated heterocycles. The molecule has 1 atom stereocenters. The van der Waals surface area contributed by atoms with Gasteiger partial charge in [0, 0.05) is 18.7 Å². The first-order valence-corrected chi connectivity index (χ1v) is 7.67. The number of rotatable bonds is 5. The van der Waals surface area contributed by atoms with Gasteiger partial charge in [0.05, 0.1) is 5.69 Å². The Morgan fingerprint density at radius 2 is 2.23 bits per heavy atom. The van der Waals surface area contributed by atoms with Gasteiger partial charge in [-0.2, -0.15) is 0 Å². The third-order valence-electron chi connectivity index (χ3n) is 4.16. The van der Waals surface area contributed by atoms with Crippen molar-refractivity contribution >= 4 is 11.6 Å². The lowest BCUT2D eigenvalue weighted by Gasteiger charge is -2.10. The molecule has 1 aliphatic rings. The van der Waals surface area contributed by atoms with Gasteiger partial charge in [-0.05, 0) is 43.2 Å². The number of carbonyl (C=O) groups excluding carboxylic acids is 1. The Hall–Kier alpha value is -2.17. The Bertz CT molecular complexity index is 762. The van der Waals surface area contributed by atoms with Gasteiger partial charge in [-0.3, -0.25) is 14.0 Å². The molecule has 3 rings (SSSR count). The van der Waals surface area contributed by atoms with Gasteiger partial charge in [0.2, 0.25) is 0 Å². The second-order valence-electron chi connectivity index (χ2n) is 6.20. The van der Waals surface area contributed by atoms with Gasteiger partial charge in [0.25, 0.3) is 5.56 Å². The summed E-state index contributed by atoms with van der Waals surface area (Å²) >= 11 is 0. The molecule has 0 amide bonds. The fraction of sp³-hybridized carbons (Fsp3) is 0.471. The van der Waals surface area contributed by atoms with Crippen LogP contribution >= 0.6 is 0 Å². The minimum Gasteiger partial charge on any atom is -0.459 e. The van der Waals surface area contributed by atoms with Crippen molar-refractivity contribution in [3.05, 3.63) is 46.0 Å². The van der Waals surface area contributed by atoms with Crippen molar-refractivity contribution in [3.63, 3.8) is 0 Å². The molecule has 22 heavy (non-hydrogen) atoms. The normalized spacial score (nSPS) is 15.7. The summed E-state index contributed by atoms with van der Waals surface area (Å²) in [7, 11) is 0. The molecule has 1 saturated carbocycles. The predicted molar refractivity (Wildman–Crippen MR) is 82.5 cm³/mol. The van der Waals surface area contributed by atoms with Crippen LogP contribution in [-0.4, -0.2) is 15.4 Å². The number of carbonyl (C=O) groups is 1. The van der Waals surface area contributed by atoms with Gasteiger partial charge in [0.1, 0.15) is 12.3 Å². The smallest absolute Gasteiger partial charge is 0.306 e. The molecule has 2 aromatic rings. The van der Waals surface area contributed by atoms with Crippen LogP contribution in [0.25, 0.3) is 5.65 Å². The van der Waals surface area contributed by atoms with E-state index in [4.69, 9.17) is 4.74 Å². The summed E-state index contributed by atoms with van der Waals surface area (Å²) in [6.07, 6.45) is 4.63. The van der Waals surface area contributed by atoms with Crippen LogP contribution in [0.2, 0.25) is 0 Å². The van der Waals surface area contributed by atoms with Gasteiger partial charge in [-0.15, -0.1) is 0 Å². The zero-order chi connectivity index (χ0) is 15.7. The molecule has 0 aromatic carbocycles. The van der Waals surface area contributed by atoms with Gasteiger partial charge in [-0.25, -0.2) is 4.98 Å². The molecular formula is C17H20N2O3. The number of nitrogens with zero attached hydrogens (tertiary/aromatic N) is 2. The Labute approximate surface area is 128 Å². The third kappa shape index (κ3) is 3.35. The lowest BCUT2D eigenvalue weighted by Crippen LogP contribution is -2.17. The first kappa shape index (κ1) is 14.8. The molecule has 0 aliphatic heterocycles. The Balaban J connectivity index is 1.67. The van der Waals surface area contributed by atoms with Crippen LogP contribution in [0.3, 0.4) is 0 Å². The number of hydrogen-bond acceptors (Lipinski definition) is 4. The highest BCUT2D eigenvalue weighted by atomic mass is 16.5. The maximum atomic E-state index is 12.1. The van der Waals surface area contributed by atoms with Crippen LogP contribution < -0.4 is 5.56 Å². The van der Waals surface area contributed by atoms with Crippen LogP contribution in [0.5, 0.6) is 0 Å². The van der Waals surface area contributed by atoms with Crippen molar-refractivity contribution in [2.24, 2.45) is 11.8 Å². The van der Waals surface area contributed by atoms with Crippen LogP contribution in [0.1, 0.15) is 37.4 Å². The highest BCUT2D eigenvalue weighted by molar-refractivity contribution is 5.69. The van der Waals surface area contributed by atoms with Crippen LogP contribution in [0.4, 0.5) is 0 Å². The van der Waals surface area contributed by atoms with E-state index in [0.717, 1.165) is 5.56 Å². The van der Waals surface area contributed by atoms with Crippen molar-refractivity contribution < 1.29 is 9.53 Å². The van der Waals surface area contributed by atoms with E-state index in [0.29, 0.717) is 29.6 Å². The highest BCUT2D eigenvalue weighted by Crippen LogP contribution is 2.38. The van der Waals surface area contributed by atoms with E-state index in [2.05, 4.69) is 11.9 Å². The monoisotopic (exact) mass is 300 g/mol. The third-order valence-corrected chi connectivity index (χ3v) is 4.16. The number of aryl methyl sites for hydroxylation is 1. The summed E-state index contributed by atoms with van der Waals surface area (Å²) in [5, 5.41) is 0. The number of aromatic nitrogens is 2. The summed E-state index contributed by atoms with van der Waals surface area (Å²) in [4.78, 5) is 28.2. The molecule has 1 aliphatic carbocycles. The maximum Gasteiger partial charge on any atom is 0.306 e. The molecule has 2 heterocycles. The molecule has 1 unspecified atom stereocenters. The quantitative estimate of drug-likeness (QED) is 0.796. The first-order valence-electron chi connectivity index (χ1n) is 7.67. The van der Waals surface area contributed by atoms with Crippen molar-refractivity contribution in [1.82, 2.24) is 9.38 Å². The van der Waals surface area contributed by atoms with Crippen molar-refractivity contribution in [2.45, 2.75) is 39.7 Å². The largest absolute Gasteiger partial charge is 0.459 e. The molecule has 2 aromatic heterocycles. The highest BCUT2D eigenvalue weighted by Gasteiger charge is 2.29. The van der Waals surface area contributed by atoms with E-state index in [1.165, 1.54) is 23.3 Å². The molecule has 0 N–H and O–H groups in total. The van der Waals surface area contributed by atoms with E-state index in [-0.39, 0.29) is 18.1 Å². The topological polar surface area (TPSA) is 60.7 Å². The Kier molecular flexibility index (Phi) is 3.96. The van der Waals surface area contributed by atoms with Crippen LogP contribution in [-0.2, 0) is 16.1 Å². The number of hydrogen-bond donors (Lipinski definition) is 0. The van der Waals surface area contributed by atoms with E-state index in [1.54, 1.807) is 12.3 Å². The number of fused-ring (bicyclic) bond motifs is 1. The lowest BCUT2D eigenvalue weighted by atomic mass is 10.0. The fourth-order valence-corrected chi connectivity index (χ4v) is 2.64. The van der Waals surface area contributed by atoms with Crippen LogP contribution in [0, 0.1) is 18.8 Å². The van der Waals surface area contributed by atoms with Crippen molar-refractivity contribution in [2.75, 3.05) is 0 Å². The molecule has 0 bridgehead atoms. The number of ether oxygens (including phenoxy) is 1. The molecule has 0 spiro atoms. The summed E-state index contributed by atoms with van der Waals surface area (Å²) in [6.45, 7) is 4.06. The zero-order valence-electron chi connectivity index (χ0n) is 12.9. The summed E-state index contributed by atoms with van der Waals surface area (Å²) in [5.74, 6) is 0.843. The minimum absolute atomic E-state index is 0.0514. The summed E-state index contributed by atoms with van der Waals surface area (Å²) in [5.41, 5.74) is 1.88. The van der Waals surface area contributed by atoms with Gasteiger partial charge < -0.3 is 4.74 Å². The lowest BCUT2D eigenvalue weighted by molar-refractivity contribution is -0.146. The Morgan fingerprint density at radius 3 is 2.95 bits per heavy atom. The molecule has 5 nitrogen and oxygen atoms in total. The zero-order valence-corrected chi connectivity index (χ0v) is 12.9. The SMILES string of the molecule is Cc1ccc2nc(COC(=O)CC(C)C3CC3)cc(=O)n2c1. The second kappa shape index (κ2) is 5.91. The van der Waals surface area contributed by atoms with E-state index >= 15 is 0 Å². The predicted octanol–water partition coefficient (Wildman–Crippen LogP) is 2.48. The second-order valence-corrected chi connectivity index (χ2v) is 6.20. The van der Waals surface area contributed by atoms with E-state index in [9.17, 15) is 9.59 Å². The minimum atomic E-state index is -0.217. The maximum absolute atomic E-state index is 12.1. The molecule has 5 heteroatoms. The molecular weight excluding hydrogens is 280 g/mol. The fourth-order valence-electron chi connectivity index (χ4n) is 2.64. The van der Waals surface area contributed by atoms with Gasteiger partial charge in [-0.1, -0.05) is 13.0 Å². The van der Waals surface area contributed by atoms with Crippen LogP contribution in [0.15, 0.2) is 29.2 Å². The average molecular weight is 300 g/mol. The van der Waals surface area contributed by atoms with Gasteiger partial charge in [0.15, 0.2) is 0 Å². The number of esters is 1. The van der Waals surface area contributed by atoms with E-state index < -0.39 is 0 Å². The Morgan fingerprint density at radius 1 is 1.45 bits per heavy atom. The average Bonchev–Trinajstić information content (AvgIpc) is 3.30. The van der Waals surface area contributed by atoms with Crippen molar-refractivity contribution in [1.29, 1.82) is 0 Å². The molecule has 1 fully saturated rings. The first-order chi connectivity index (χ1) is 10.5. The van der Waals surface area contributed by atoms with Crippen molar-refractivity contribution in [3.8, 4) is 0 Å².